The largest absolute Gasteiger partial charge is 0.365 e. The number of piperazine rings is 1. The average molecular weight is 537 g/mol. The molecule has 5 aromatic rings. The highest BCUT2D eigenvalue weighted by molar-refractivity contribution is 5.94. The van der Waals surface area contributed by atoms with Gasteiger partial charge in [-0.2, -0.15) is 5.10 Å². The van der Waals surface area contributed by atoms with Crippen molar-refractivity contribution in [2.24, 2.45) is 0 Å². The number of amides is 1. The van der Waals surface area contributed by atoms with Crippen molar-refractivity contribution in [2.45, 2.75) is 26.3 Å². The number of anilines is 3. The predicted octanol–water partition coefficient (Wildman–Crippen LogP) is 4.68. The topological polar surface area (TPSA) is 91.6 Å². The highest BCUT2D eigenvalue weighted by atomic mass is 19.1. The molecule has 0 bridgehead atoms. The fraction of sp³-hybridized carbons (Fsp3) is 0.233. The third-order valence-corrected chi connectivity index (χ3v) is 7.49. The average Bonchev–Trinajstić information content (AvgIpc) is 3.42. The molecule has 1 N–H and O–H groups in total. The Kier molecular flexibility index (Phi) is 6.59. The highest BCUT2D eigenvalue weighted by Crippen LogP contribution is 2.33. The van der Waals surface area contributed by atoms with E-state index in [4.69, 9.17) is 0 Å². The summed E-state index contributed by atoms with van der Waals surface area (Å²) in [5, 5.41) is 7.80. The van der Waals surface area contributed by atoms with Crippen LogP contribution in [0.3, 0.4) is 0 Å². The van der Waals surface area contributed by atoms with E-state index in [0.717, 1.165) is 28.9 Å². The van der Waals surface area contributed by atoms with Gasteiger partial charge in [0, 0.05) is 37.6 Å². The van der Waals surface area contributed by atoms with Gasteiger partial charge in [-0.05, 0) is 79.4 Å². The van der Waals surface area contributed by atoms with Crippen LogP contribution in [-0.2, 0) is 11.2 Å². The number of hydrogen-bond acceptors (Lipinski definition) is 7. The SMILES string of the molecule is C=CC(=O)N1CCN(c2ccc3ncnc(Nc4ccc(Cc5ccn6ncnc6c5)c(C)c4)c3c2F)C[C@H]1C. The van der Waals surface area contributed by atoms with Gasteiger partial charge >= 0.3 is 0 Å². The number of aryl methyl sites for hydroxylation is 1. The lowest BCUT2D eigenvalue weighted by molar-refractivity contribution is -0.128. The molecule has 0 spiro atoms. The highest BCUT2D eigenvalue weighted by Gasteiger charge is 2.28. The number of nitrogens with zero attached hydrogens (tertiary/aromatic N) is 7. The molecule has 1 amide bonds. The summed E-state index contributed by atoms with van der Waals surface area (Å²) in [6.07, 6.45) is 6.97. The Hall–Kier alpha value is -4.86. The lowest BCUT2D eigenvalue weighted by atomic mass is 10.0. The molecule has 0 aliphatic carbocycles. The van der Waals surface area contributed by atoms with Gasteiger partial charge in [0.1, 0.15) is 18.5 Å². The first-order valence-electron chi connectivity index (χ1n) is 13.2. The number of hydrogen-bond donors (Lipinski definition) is 1. The van der Waals surface area contributed by atoms with Crippen LogP contribution in [0.4, 0.5) is 21.6 Å². The fourth-order valence-corrected chi connectivity index (χ4v) is 5.36. The van der Waals surface area contributed by atoms with Crippen LogP contribution in [0.1, 0.15) is 23.6 Å². The van der Waals surface area contributed by atoms with Gasteiger partial charge in [0.05, 0.1) is 16.6 Å². The van der Waals surface area contributed by atoms with E-state index in [0.29, 0.717) is 42.0 Å². The molecule has 6 rings (SSSR count). The molecule has 0 unspecified atom stereocenters. The summed E-state index contributed by atoms with van der Waals surface area (Å²) < 4.78 is 17.8. The smallest absolute Gasteiger partial charge is 0.246 e. The summed E-state index contributed by atoms with van der Waals surface area (Å²) in [5.41, 5.74) is 6.04. The Morgan fingerprint density at radius 3 is 2.80 bits per heavy atom. The number of aromatic nitrogens is 5. The second kappa shape index (κ2) is 10.4. The summed E-state index contributed by atoms with van der Waals surface area (Å²) in [4.78, 5) is 28.8. The van der Waals surface area contributed by atoms with E-state index >= 15 is 4.39 Å². The Bertz CT molecular complexity index is 1750. The fourth-order valence-electron chi connectivity index (χ4n) is 5.36. The van der Waals surface area contributed by atoms with Crippen molar-refractivity contribution in [2.75, 3.05) is 29.9 Å². The summed E-state index contributed by atoms with van der Waals surface area (Å²) in [6.45, 7) is 9.14. The second-order valence-corrected chi connectivity index (χ2v) is 10.1. The van der Waals surface area contributed by atoms with Gasteiger partial charge in [-0.3, -0.25) is 4.79 Å². The number of carbonyl (C=O) groups is 1. The van der Waals surface area contributed by atoms with Crippen LogP contribution in [-0.4, -0.2) is 61.0 Å². The third-order valence-electron chi connectivity index (χ3n) is 7.49. The van der Waals surface area contributed by atoms with E-state index in [1.165, 1.54) is 18.0 Å². The van der Waals surface area contributed by atoms with E-state index in [2.05, 4.69) is 44.9 Å². The van der Waals surface area contributed by atoms with Gasteiger partial charge in [-0.25, -0.2) is 23.9 Å². The summed E-state index contributed by atoms with van der Waals surface area (Å²) in [6, 6.07) is 13.7. The number of carbonyl (C=O) groups excluding carboxylic acids is 1. The first-order valence-corrected chi connectivity index (χ1v) is 13.2. The normalized spacial score (nSPS) is 15.5. The predicted molar refractivity (Wildman–Crippen MR) is 153 cm³/mol. The monoisotopic (exact) mass is 536 g/mol. The molecule has 9 nitrogen and oxygen atoms in total. The van der Waals surface area contributed by atoms with Crippen LogP contribution in [0.25, 0.3) is 16.6 Å². The van der Waals surface area contributed by atoms with Gasteiger partial charge in [0.15, 0.2) is 11.5 Å². The minimum Gasteiger partial charge on any atom is -0.365 e. The van der Waals surface area contributed by atoms with Crippen LogP contribution < -0.4 is 10.2 Å². The number of nitrogens with one attached hydrogen (secondary N) is 1. The lowest BCUT2D eigenvalue weighted by Gasteiger charge is -2.40. The molecular weight excluding hydrogens is 507 g/mol. The lowest BCUT2D eigenvalue weighted by Crippen LogP contribution is -2.53. The molecule has 1 atom stereocenters. The quantitative estimate of drug-likeness (QED) is 0.315. The number of benzene rings is 2. The van der Waals surface area contributed by atoms with Crippen molar-refractivity contribution in [3.63, 3.8) is 0 Å². The van der Waals surface area contributed by atoms with Gasteiger partial charge in [-0.15, -0.1) is 0 Å². The zero-order valence-electron chi connectivity index (χ0n) is 22.4. The summed E-state index contributed by atoms with van der Waals surface area (Å²) in [5.74, 6) is -0.0838. The molecule has 1 aliphatic heterocycles. The van der Waals surface area contributed by atoms with E-state index in [1.54, 1.807) is 21.8 Å². The Morgan fingerprint density at radius 1 is 1.12 bits per heavy atom. The Morgan fingerprint density at radius 2 is 2.00 bits per heavy atom. The van der Waals surface area contributed by atoms with Gasteiger partial charge < -0.3 is 15.1 Å². The van der Waals surface area contributed by atoms with Gasteiger partial charge in [0.2, 0.25) is 5.91 Å². The van der Waals surface area contributed by atoms with Gasteiger partial charge in [0.25, 0.3) is 0 Å². The number of rotatable bonds is 6. The van der Waals surface area contributed by atoms with Crippen molar-refractivity contribution in [1.29, 1.82) is 0 Å². The van der Waals surface area contributed by atoms with Crippen LogP contribution in [0.5, 0.6) is 0 Å². The van der Waals surface area contributed by atoms with E-state index < -0.39 is 0 Å². The Balaban J connectivity index is 1.25. The first-order chi connectivity index (χ1) is 19.4. The van der Waals surface area contributed by atoms with Crippen molar-refractivity contribution in [3.05, 3.63) is 96.5 Å². The molecule has 1 fully saturated rings. The molecule has 2 aromatic carbocycles. The minimum absolute atomic E-state index is 0.0706. The Labute approximate surface area is 231 Å². The zero-order valence-corrected chi connectivity index (χ0v) is 22.4. The first kappa shape index (κ1) is 25.4. The number of fused-ring (bicyclic) bond motifs is 2. The third kappa shape index (κ3) is 4.72. The maximum Gasteiger partial charge on any atom is 0.246 e. The van der Waals surface area contributed by atoms with Crippen LogP contribution in [0.15, 0.2) is 74.0 Å². The summed E-state index contributed by atoms with van der Waals surface area (Å²) >= 11 is 0. The number of halogens is 1. The standard InChI is InChI=1S/C30H29FN8O/c1-4-27(40)38-12-11-37(16-20(38)3)25-8-7-24-28(29(25)31)30(34-17-32-24)36-23-6-5-22(19(2)13-23)14-21-9-10-39-26(15-21)33-18-35-39/h4-10,13,15,17-18,20H,1,11-12,14,16H2,2-3H3,(H,32,34,36)/t20-/m1/s1. The molecule has 1 saturated heterocycles. The van der Waals surface area contributed by atoms with Crippen LogP contribution >= 0.6 is 0 Å². The molecule has 3 aromatic heterocycles. The van der Waals surface area contributed by atoms with Gasteiger partial charge in [-0.1, -0.05) is 12.6 Å². The second-order valence-electron chi connectivity index (χ2n) is 10.1. The molecule has 10 heteroatoms. The van der Waals surface area contributed by atoms with Crippen LogP contribution in [0, 0.1) is 12.7 Å². The zero-order chi connectivity index (χ0) is 27.8. The maximum absolute atomic E-state index is 16.1. The van der Waals surface area contributed by atoms with E-state index in [-0.39, 0.29) is 17.8 Å². The molecule has 1 aliphatic rings. The van der Waals surface area contributed by atoms with Crippen molar-refractivity contribution in [1.82, 2.24) is 29.5 Å². The van der Waals surface area contributed by atoms with Crippen molar-refractivity contribution < 1.29 is 9.18 Å². The molecule has 0 radical (unpaired) electrons. The maximum atomic E-state index is 16.1. The van der Waals surface area contributed by atoms with Crippen molar-refractivity contribution in [3.8, 4) is 0 Å². The molecular formula is C30H29FN8O. The van der Waals surface area contributed by atoms with Crippen molar-refractivity contribution >= 4 is 39.6 Å². The molecule has 202 valence electrons. The molecule has 0 saturated carbocycles. The minimum atomic E-state index is -0.381. The summed E-state index contributed by atoms with van der Waals surface area (Å²) in [7, 11) is 0. The molecule has 4 heterocycles. The van der Waals surface area contributed by atoms with Crippen LogP contribution in [0.2, 0.25) is 0 Å². The van der Waals surface area contributed by atoms with E-state index in [9.17, 15) is 4.79 Å². The number of pyridine rings is 1. The van der Waals surface area contributed by atoms with E-state index in [1.807, 2.05) is 48.4 Å². The molecule has 40 heavy (non-hydrogen) atoms.